The van der Waals surface area contributed by atoms with Gasteiger partial charge in [-0.15, -0.1) is 0 Å². The molecule has 1 fully saturated rings. The quantitative estimate of drug-likeness (QED) is 0.896. The second kappa shape index (κ2) is 5.45. The van der Waals surface area contributed by atoms with Crippen LogP contribution >= 0.6 is 22.9 Å². The Kier molecular flexibility index (Phi) is 3.68. The fourth-order valence-corrected chi connectivity index (χ4v) is 3.38. The Morgan fingerprint density at radius 1 is 1.53 bits per heavy atom. The van der Waals surface area contributed by atoms with Crippen LogP contribution in [0.25, 0.3) is 10.2 Å². The Morgan fingerprint density at radius 2 is 2.42 bits per heavy atom. The molecule has 1 aliphatic rings. The van der Waals surface area contributed by atoms with Crippen LogP contribution in [0.2, 0.25) is 5.02 Å². The highest BCUT2D eigenvalue weighted by atomic mass is 35.5. The van der Waals surface area contributed by atoms with Gasteiger partial charge < -0.3 is 10.6 Å². The van der Waals surface area contributed by atoms with E-state index >= 15 is 0 Å². The number of nitrogens with one attached hydrogen (secondary N) is 2. The second-order valence-corrected chi connectivity index (χ2v) is 6.13. The lowest BCUT2D eigenvalue weighted by atomic mass is 9.99. The number of carbonyl (C=O) groups excluding carboxylic acids is 1. The van der Waals surface area contributed by atoms with E-state index in [4.69, 9.17) is 11.6 Å². The third-order valence-corrected chi connectivity index (χ3v) is 4.42. The van der Waals surface area contributed by atoms with Gasteiger partial charge in [0.1, 0.15) is 0 Å². The van der Waals surface area contributed by atoms with Gasteiger partial charge in [0.15, 0.2) is 5.13 Å². The molecule has 2 aromatic rings. The van der Waals surface area contributed by atoms with Gasteiger partial charge in [-0.25, -0.2) is 4.98 Å². The number of aromatic nitrogens is 1. The first-order valence-electron chi connectivity index (χ1n) is 6.30. The summed E-state index contributed by atoms with van der Waals surface area (Å²) in [6, 6.07) is 5.54. The van der Waals surface area contributed by atoms with Crippen LogP contribution in [-0.2, 0) is 4.79 Å². The van der Waals surface area contributed by atoms with Gasteiger partial charge in [0.05, 0.1) is 16.1 Å². The number of halogens is 1. The predicted octanol–water partition coefficient (Wildman–Crippen LogP) is 2.89. The van der Waals surface area contributed by atoms with E-state index in [9.17, 15) is 4.79 Å². The smallest absolute Gasteiger partial charge is 0.230 e. The summed E-state index contributed by atoms with van der Waals surface area (Å²) in [6.45, 7) is 1.76. The number of rotatable bonds is 2. The van der Waals surface area contributed by atoms with Gasteiger partial charge in [-0.3, -0.25) is 4.79 Å². The van der Waals surface area contributed by atoms with E-state index in [1.165, 1.54) is 11.3 Å². The number of nitrogens with zero attached hydrogens (tertiary/aromatic N) is 1. The summed E-state index contributed by atoms with van der Waals surface area (Å²) in [4.78, 5) is 16.5. The lowest BCUT2D eigenvalue weighted by Crippen LogP contribution is -2.37. The molecule has 0 aliphatic carbocycles. The predicted molar refractivity (Wildman–Crippen MR) is 78.9 cm³/mol. The van der Waals surface area contributed by atoms with E-state index in [0.29, 0.717) is 10.2 Å². The van der Waals surface area contributed by atoms with E-state index in [-0.39, 0.29) is 11.8 Å². The average molecular weight is 296 g/mol. The third kappa shape index (κ3) is 2.88. The zero-order valence-corrected chi connectivity index (χ0v) is 11.9. The molecule has 0 spiro atoms. The number of benzene rings is 1. The van der Waals surface area contributed by atoms with Crippen LogP contribution in [0.4, 0.5) is 5.13 Å². The van der Waals surface area contributed by atoms with Crippen LogP contribution in [0.15, 0.2) is 18.2 Å². The number of hydrogen-bond donors (Lipinski definition) is 2. The molecule has 2 N–H and O–H groups in total. The summed E-state index contributed by atoms with van der Waals surface area (Å²) in [5.74, 6) is 0.0988. The highest BCUT2D eigenvalue weighted by Crippen LogP contribution is 2.28. The second-order valence-electron chi connectivity index (χ2n) is 4.66. The van der Waals surface area contributed by atoms with Crippen LogP contribution in [0.1, 0.15) is 12.8 Å². The zero-order valence-electron chi connectivity index (χ0n) is 10.3. The molecule has 0 radical (unpaired) electrons. The van der Waals surface area contributed by atoms with Crippen LogP contribution in [-0.4, -0.2) is 24.0 Å². The van der Waals surface area contributed by atoms with E-state index in [1.54, 1.807) is 6.07 Å². The molecular formula is C13H14ClN3OS. The largest absolute Gasteiger partial charge is 0.316 e. The molecule has 2 heterocycles. The maximum absolute atomic E-state index is 12.1. The van der Waals surface area contributed by atoms with Gasteiger partial charge in [-0.2, -0.15) is 0 Å². The highest BCUT2D eigenvalue weighted by Gasteiger charge is 2.21. The number of thiazole rings is 1. The van der Waals surface area contributed by atoms with E-state index < -0.39 is 0 Å². The summed E-state index contributed by atoms with van der Waals surface area (Å²) in [6.07, 6.45) is 1.99. The monoisotopic (exact) mass is 295 g/mol. The molecule has 0 bridgehead atoms. The molecule has 0 unspecified atom stereocenters. The summed E-state index contributed by atoms with van der Waals surface area (Å²) in [7, 11) is 0. The van der Waals surface area contributed by atoms with Gasteiger partial charge in [-0.05, 0) is 37.6 Å². The minimum atomic E-state index is 0.0457. The van der Waals surface area contributed by atoms with Crippen molar-refractivity contribution in [1.82, 2.24) is 10.3 Å². The first-order valence-corrected chi connectivity index (χ1v) is 7.49. The van der Waals surface area contributed by atoms with Crippen molar-refractivity contribution in [2.75, 3.05) is 18.4 Å². The average Bonchev–Trinajstić information content (AvgIpc) is 2.81. The number of piperidine rings is 1. The van der Waals surface area contributed by atoms with Crippen LogP contribution in [0, 0.1) is 5.92 Å². The lowest BCUT2D eigenvalue weighted by molar-refractivity contribution is -0.120. The molecule has 100 valence electrons. The molecular weight excluding hydrogens is 282 g/mol. The molecule has 6 heteroatoms. The van der Waals surface area contributed by atoms with Crippen molar-refractivity contribution in [1.29, 1.82) is 0 Å². The van der Waals surface area contributed by atoms with Gasteiger partial charge >= 0.3 is 0 Å². The minimum absolute atomic E-state index is 0.0457. The van der Waals surface area contributed by atoms with Crippen molar-refractivity contribution >= 4 is 44.2 Å². The van der Waals surface area contributed by atoms with Crippen molar-refractivity contribution < 1.29 is 4.79 Å². The summed E-state index contributed by atoms with van der Waals surface area (Å²) >= 11 is 7.39. The van der Waals surface area contributed by atoms with E-state index in [0.717, 1.165) is 36.1 Å². The number of hydrogen-bond acceptors (Lipinski definition) is 4. The van der Waals surface area contributed by atoms with Crippen molar-refractivity contribution in [2.24, 2.45) is 5.92 Å². The Morgan fingerprint density at radius 3 is 3.21 bits per heavy atom. The maximum Gasteiger partial charge on any atom is 0.230 e. The molecule has 3 rings (SSSR count). The minimum Gasteiger partial charge on any atom is -0.316 e. The zero-order chi connectivity index (χ0) is 13.2. The summed E-state index contributed by atoms with van der Waals surface area (Å²) < 4.78 is 0.990. The van der Waals surface area contributed by atoms with E-state index in [2.05, 4.69) is 15.6 Å². The van der Waals surface area contributed by atoms with Crippen LogP contribution in [0.5, 0.6) is 0 Å². The van der Waals surface area contributed by atoms with Crippen molar-refractivity contribution in [2.45, 2.75) is 12.8 Å². The SMILES string of the molecule is O=C(Nc1nc2ccc(Cl)cc2s1)[C@H]1CCCNC1. The highest BCUT2D eigenvalue weighted by molar-refractivity contribution is 7.22. The number of fused-ring (bicyclic) bond motifs is 1. The molecule has 0 saturated carbocycles. The lowest BCUT2D eigenvalue weighted by Gasteiger charge is -2.21. The van der Waals surface area contributed by atoms with Crippen LogP contribution in [0.3, 0.4) is 0 Å². The topological polar surface area (TPSA) is 54.0 Å². The third-order valence-electron chi connectivity index (χ3n) is 3.25. The normalized spacial score (nSPS) is 19.5. The van der Waals surface area contributed by atoms with E-state index in [1.807, 2.05) is 12.1 Å². The molecule has 1 saturated heterocycles. The Hall–Kier alpha value is -1.17. The van der Waals surface area contributed by atoms with Crippen molar-refractivity contribution in [3.63, 3.8) is 0 Å². The molecule has 1 atom stereocenters. The Balaban J connectivity index is 1.75. The summed E-state index contributed by atoms with van der Waals surface area (Å²) in [5, 5.41) is 7.48. The first-order chi connectivity index (χ1) is 9.22. The van der Waals surface area contributed by atoms with Crippen molar-refractivity contribution in [3.8, 4) is 0 Å². The van der Waals surface area contributed by atoms with Gasteiger partial charge in [-0.1, -0.05) is 22.9 Å². The fourth-order valence-electron chi connectivity index (χ4n) is 2.23. The van der Waals surface area contributed by atoms with Crippen molar-refractivity contribution in [3.05, 3.63) is 23.2 Å². The van der Waals surface area contributed by atoms with Gasteiger partial charge in [0.2, 0.25) is 5.91 Å². The number of carbonyl (C=O) groups is 1. The molecule has 19 heavy (non-hydrogen) atoms. The molecule has 1 aromatic carbocycles. The fraction of sp³-hybridized carbons (Fsp3) is 0.385. The molecule has 4 nitrogen and oxygen atoms in total. The van der Waals surface area contributed by atoms with Gasteiger partial charge in [0, 0.05) is 11.6 Å². The maximum atomic E-state index is 12.1. The summed E-state index contributed by atoms with van der Waals surface area (Å²) in [5.41, 5.74) is 0.867. The molecule has 1 amide bonds. The number of amides is 1. The molecule has 1 aliphatic heterocycles. The number of anilines is 1. The first kappa shape index (κ1) is 12.8. The Labute approximate surface area is 120 Å². The molecule has 1 aromatic heterocycles. The Bertz CT molecular complexity index is 607. The standard InChI is InChI=1S/C13H14ClN3OS/c14-9-3-4-10-11(6-9)19-13(16-10)17-12(18)8-2-1-5-15-7-8/h3-4,6,8,15H,1-2,5,7H2,(H,16,17,18)/t8-/m0/s1. The van der Waals surface area contributed by atoms with Crippen LogP contribution < -0.4 is 10.6 Å². The van der Waals surface area contributed by atoms with Gasteiger partial charge in [0.25, 0.3) is 0 Å².